The molecule has 1 aromatic heterocycles. The minimum atomic E-state index is 0. The standard InChI is InChI=1S/C23H36N8O.HI/c1-19-27-28-21(30(19)3)18-26-23(25-14-9-17-31-16-7-12-22(31)32)24-13-8-15-29(2)20-10-5-4-6-11-20;/h4-6,10-11H,7-9,12-18H2,1-3H3,(H2,24,25,26);1H. The number of anilines is 1. The smallest absolute Gasteiger partial charge is 0.222 e. The van der Waals surface area contributed by atoms with E-state index in [1.165, 1.54) is 5.69 Å². The van der Waals surface area contributed by atoms with Gasteiger partial charge in [-0.25, -0.2) is 4.99 Å². The Hall–Kier alpha value is -2.37. The van der Waals surface area contributed by atoms with E-state index in [1.54, 1.807) is 0 Å². The Morgan fingerprint density at radius 1 is 1.15 bits per heavy atom. The summed E-state index contributed by atoms with van der Waals surface area (Å²) in [5.41, 5.74) is 1.22. The number of carbonyl (C=O) groups excluding carboxylic acids is 1. The average molecular weight is 569 g/mol. The number of nitrogens with zero attached hydrogens (tertiary/aromatic N) is 6. The molecule has 1 amide bonds. The molecule has 0 spiro atoms. The Morgan fingerprint density at radius 2 is 1.88 bits per heavy atom. The molecular weight excluding hydrogens is 531 g/mol. The zero-order valence-electron chi connectivity index (χ0n) is 20.0. The Labute approximate surface area is 214 Å². The number of aliphatic imine (C=N–C) groups is 1. The van der Waals surface area contributed by atoms with Gasteiger partial charge in [0.1, 0.15) is 12.4 Å². The molecule has 2 N–H and O–H groups in total. The number of para-hydroxylation sites is 1. The maximum absolute atomic E-state index is 11.8. The summed E-state index contributed by atoms with van der Waals surface area (Å²) >= 11 is 0. The molecule has 1 aromatic carbocycles. The number of rotatable bonds is 11. The molecule has 1 saturated heterocycles. The minimum absolute atomic E-state index is 0. The SMILES string of the molecule is Cc1nnc(CN=C(NCCCN2CCCC2=O)NCCCN(C)c2ccccc2)n1C.I. The summed E-state index contributed by atoms with van der Waals surface area (Å²) in [6.07, 6.45) is 3.55. The Morgan fingerprint density at radius 3 is 2.52 bits per heavy atom. The van der Waals surface area contributed by atoms with Gasteiger partial charge in [-0.05, 0) is 38.3 Å². The molecule has 0 unspecified atom stereocenters. The van der Waals surface area contributed by atoms with Crippen LogP contribution in [-0.4, -0.2) is 71.3 Å². The van der Waals surface area contributed by atoms with Crippen molar-refractivity contribution in [3.8, 4) is 0 Å². The highest BCUT2D eigenvalue weighted by Crippen LogP contribution is 2.11. The maximum atomic E-state index is 11.8. The minimum Gasteiger partial charge on any atom is -0.375 e. The fourth-order valence-corrected chi connectivity index (χ4v) is 3.66. The number of aryl methyl sites for hydroxylation is 1. The van der Waals surface area contributed by atoms with Gasteiger partial charge in [-0.15, -0.1) is 34.2 Å². The molecular formula is C23H37IN8O. The van der Waals surface area contributed by atoms with Crippen LogP contribution in [0.3, 0.4) is 0 Å². The molecule has 1 aliphatic rings. The van der Waals surface area contributed by atoms with Crippen LogP contribution >= 0.6 is 24.0 Å². The van der Waals surface area contributed by atoms with Crippen LogP contribution in [-0.2, 0) is 18.4 Å². The molecule has 33 heavy (non-hydrogen) atoms. The molecule has 0 aliphatic carbocycles. The lowest BCUT2D eigenvalue weighted by atomic mass is 10.3. The zero-order valence-corrected chi connectivity index (χ0v) is 22.3. The second kappa shape index (κ2) is 14.0. The largest absolute Gasteiger partial charge is 0.375 e. The van der Waals surface area contributed by atoms with Crippen LogP contribution in [0.1, 0.15) is 37.3 Å². The van der Waals surface area contributed by atoms with Crippen molar-refractivity contribution in [3.05, 3.63) is 42.0 Å². The molecule has 1 aliphatic heterocycles. The molecule has 2 aromatic rings. The van der Waals surface area contributed by atoms with E-state index in [1.807, 2.05) is 29.5 Å². The molecule has 9 nitrogen and oxygen atoms in total. The van der Waals surface area contributed by atoms with Crippen LogP contribution in [0.5, 0.6) is 0 Å². The number of benzene rings is 1. The van der Waals surface area contributed by atoms with Gasteiger partial charge in [0.2, 0.25) is 5.91 Å². The number of aromatic nitrogens is 3. The molecule has 10 heteroatoms. The van der Waals surface area contributed by atoms with Gasteiger partial charge in [0.05, 0.1) is 0 Å². The number of nitrogens with one attached hydrogen (secondary N) is 2. The molecule has 0 saturated carbocycles. The van der Waals surface area contributed by atoms with Crippen molar-refractivity contribution in [1.82, 2.24) is 30.3 Å². The number of carbonyl (C=O) groups is 1. The number of amides is 1. The molecule has 3 rings (SSSR count). The van der Waals surface area contributed by atoms with Crippen LogP contribution < -0.4 is 15.5 Å². The molecule has 182 valence electrons. The first-order valence-electron chi connectivity index (χ1n) is 11.5. The predicted molar refractivity (Wildman–Crippen MR) is 143 cm³/mol. The second-order valence-corrected chi connectivity index (χ2v) is 8.19. The van der Waals surface area contributed by atoms with Gasteiger partial charge in [-0.2, -0.15) is 0 Å². The van der Waals surface area contributed by atoms with E-state index in [2.05, 4.69) is 57.0 Å². The summed E-state index contributed by atoms with van der Waals surface area (Å²) in [6.45, 7) is 6.59. The lowest BCUT2D eigenvalue weighted by molar-refractivity contribution is -0.127. The van der Waals surface area contributed by atoms with Crippen LogP contribution in [0.2, 0.25) is 0 Å². The van der Waals surface area contributed by atoms with Gasteiger partial charge in [0, 0.05) is 58.9 Å². The van der Waals surface area contributed by atoms with E-state index in [4.69, 9.17) is 4.99 Å². The van der Waals surface area contributed by atoms with E-state index in [9.17, 15) is 4.79 Å². The van der Waals surface area contributed by atoms with Crippen LogP contribution in [0.15, 0.2) is 35.3 Å². The zero-order chi connectivity index (χ0) is 22.8. The second-order valence-electron chi connectivity index (χ2n) is 8.19. The number of halogens is 1. The fourth-order valence-electron chi connectivity index (χ4n) is 3.66. The third-order valence-corrected chi connectivity index (χ3v) is 5.79. The van der Waals surface area contributed by atoms with Crippen molar-refractivity contribution < 1.29 is 4.79 Å². The van der Waals surface area contributed by atoms with Crippen LogP contribution in [0, 0.1) is 6.92 Å². The molecule has 2 heterocycles. The first-order valence-corrected chi connectivity index (χ1v) is 11.5. The van der Waals surface area contributed by atoms with Gasteiger partial charge in [-0.3, -0.25) is 4.79 Å². The Balaban J connectivity index is 0.00000385. The van der Waals surface area contributed by atoms with Gasteiger partial charge < -0.3 is 25.0 Å². The highest BCUT2D eigenvalue weighted by Gasteiger charge is 2.19. The molecule has 1 fully saturated rings. The van der Waals surface area contributed by atoms with E-state index in [-0.39, 0.29) is 29.9 Å². The number of guanidine groups is 1. The van der Waals surface area contributed by atoms with Gasteiger partial charge in [0.15, 0.2) is 11.8 Å². The van der Waals surface area contributed by atoms with Gasteiger partial charge >= 0.3 is 0 Å². The summed E-state index contributed by atoms with van der Waals surface area (Å²) in [5, 5.41) is 15.1. The first kappa shape index (κ1) is 26.9. The fraction of sp³-hybridized carbons (Fsp3) is 0.565. The third-order valence-electron chi connectivity index (χ3n) is 5.79. The summed E-state index contributed by atoms with van der Waals surface area (Å²) in [6, 6.07) is 10.4. The van der Waals surface area contributed by atoms with E-state index in [0.717, 1.165) is 69.6 Å². The van der Waals surface area contributed by atoms with E-state index in [0.29, 0.717) is 13.0 Å². The summed E-state index contributed by atoms with van der Waals surface area (Å²) in [5.74, 6) is 2.74. The highest BCUT2D eigenvalue weighted by molar-refractivity contribution is 14.0. The lowest BCUT2D eigenvalue weighted by Gasteiger charge is -2.20. The van der Waals surface area contributed by atoms with Crippen LogP contribution in [0.4, 0.5) is 5.69 Å². The van der Waals surface area contributed by atoms with Gasteiger partial charge in [0.25, 0.3) is 0 Å². The Bertz CT molecular complexity index is 886. The summed E-state index contributed by atoms with van der Waals surface area (Å²) < 4.78 is 1.95. The summed E-state index contributed by atoms with van der Waals surface area (Å²) in [7, 11) is 4.06. The first-order chi connectivity index (χ1) is 15.5. The third kappa shape index (κ3) is 8.49. The van der Waals surface area contributed by atoms with Crippen molar-refractivity contribution in [1.29, 1.82) is 0 Å². The predicted octanol–water partition coefficient (Wildman–Crippen LogP) is 2.32. The van der Waals surface area contributed by atoms with Crippen molar-refractivity contribution in [2.75, 3.05) is 44.7 Å². The van der Waals surface area contributed by atoms with Crippen molar-refractivity contribution in [2.24, 2.45) is 12.0 Å². The normalized spacial score (nSPS) is 13.7. The van der Waals surface area contributed by atoms with Crippen molar-refractivity contribution >= 4 is 41.5 Å². The number of likely N-dealkylation sites (tertiary alicyclic amines) is 1. The lowest BCUT2D eigenvalue weighted by Crippen LogP contribution is -2.40. The van der Waals surface area contributed by atoms with Crippen molar-refractivity contribution in [3.63, 3.8) is 0 Å². The maximum Gasteiger partial charge on any atom is 0.222 e. The van der Waals surface area contributed by atoms with Crippen molar-refractivity contribution in [2.45, 2.75) is 39.2 Å². The van der Waals surface area contributed by atoms with E-state index < -0.39 is 0 Å². The molecule has 0 atom stereocenters. The quantitative estimate of drug-likeness (QED) is 0.187. The number of hydrogen-bond donors (Lipinski definition) is 2. The topological polar surface area (TPSA) is 90.7 Å². The highest BCUT2D eigenvalue weighted by atomic mass is 127. The average Bonchev–Trinajstić information content (AvgIpc) is 3.36. The monoisotopic (exact) mass is 568 g/mol. The molecule has 0 bridgehead atoms. The van der Waals surface area contributed by atoms with Gasteiger partial charge in [-0.1, -0.05) is 18.2 Å². The molecule has 0 radical (unpaired) electrons. The van der Waals surface area contributed by atoms with Crippen LogP contribution in [0.25, 0.3) is 0 Å². The van der Waals surface area contributed by atoms with E-state index >= 15 is 0 Å². The summed E-state index contributed by atoms with van der Waals surface area (Å²) in [4.78, 5) is 20.7. The number of hydrogen-bond acceptors (Lipinski definition) is 5. The Kier molecular flexibility index (Phi) is 11.4.